The van der Waals surface area contributed by atoms with Crippen LogP contribution in [0.4, 0.5) is 18.4 Å². The van der Waals surface area contributed by atoms with E-state index in [9.17, 15) is 28.0 Å². The number of benzene rings is 4. The maximum atomic E-state index is 14.8. The zero-order chi connectivity index (χ0) is 44.4. The van der Waals surface area contributed by atoms with E-state index < -0.39 is 55.1 Å². The van der Waals surface area contributed by atoms with E-state index in [0.29, 0.717) is 17.7 Å². The summed E-state index contributed by atoms with van der Waals surface area (Å²) in [5, 5.41) is 7.30. The van der Waals surface area contributed by atoms with Crippen LogP contribution in [0.3, 0.4) is 0 Å². The Hall–Kier alpha value is -6.90. The highest BCUT2D eigenvalue weighted by molar-refractivity contribution is 5.92. The van der Waals surface area contributed by atoms with Crippen molar-refractivity contribution in [1.82, 2.24) is 35.5 Å². The molecule has 0 radical (unpaired) electrons. The van der Waals surface area contributed by atoms with Crippen LogP contribution < -0.4 is 10.6 Å². The molecule has 15 heteroatoms. The summed E-state index contributed by atoms with van der Waals surface area (Å²) in [7, 11) is 2.46. The van der Waals surface area contributed by atoms with Crippen LogP contribution in [0.5, 0.6) is 0 Å². The van der Waals surface area contributed by atoms with Crippen LogP contribution in [0.1, 0.15) is 74.7 Å². The van der Waals surface area contributed by atoms with Crippen molar-refractivity contribution in [2.45, 2.75) is 69.5 Å². The Kier molecular flexibility index (Phi) is 12.1. The quantitative estimate of drug-likeness (QED) is 0.0944. The van der Waals surface area contributed by atoms with Gasteiger partial charge in [0.05, 0.1) is 50.6 Å². The molecule has 1 aliphatic heterocycles. The van der Waals surface area contributed by atoms with Gasteiger partial charge in [-0.05, 0) is 63.9 Å². The molecule has 4 N–H and O–H groups in total. The predicted octanol–water partition coefficient (Wildman–Crippen LogP) is 9.13. The molecule has 63 heavy (non-hydrogen) atoms. The molecule has 5 atom stereocenters. The van der Waals surface area contributed by atoms with Crippen LogP contribution in [0, 0.1) is 11.8 Å². The second-order valence-corrected chi connectivity index (χ2v) is 16.6. The zero-order valence-corrected chi connectivity index (χ0v) is 35.4. The van der Waals surface area contributed by atoms with E-state index in [0.717, 1.165) is 62.3 Å². The number of fused-ring (bicyclic) bond motifs is 1. The number of Topliss-reactive ketones (excluding diaryl/α,β-unsaturated/α-hetero) is 1. The number of H-pyrrole nitrogens is 2. The number of alkyl halides is 2. The van der Waals surface area contributed by atoms with Crippen molar-refractivity contribution >= 4 is 34.6 Å². The minimum Gasteiger partial charge on any atom is -0.453 e. The number of hydrogen-bond donors (Lipinski definition) is 4. The number of rotatable bonds is 12. The van der Waals surface area contributed by atoms with Crippen LogP contribution >= 0.6 is 0 Å². The summed E-state index contributed by atoms with van der Waals surface area (Å²) in [5.41, 5.74) is 5.89. The second-order valence-electron chi connectivity index (χ2n) is 16.6. The molecule has 2 aromatic heterocycles. The number of ether oxygens (including phenoxy) is 2. The molecule has 3 heterocycles. The summed E-state index contributed by atoms with van der Waals surface area (Å²) < 4.78 is 39.2. The summed E-state index contributed by atoms with van der Waals surface area (Å²) in [6.45, 7) is 2.66. The minimum atomic E-state index is -3.13. The van der Waals surface area contributed by atoms with Crippen LogP contribution in [0.25, 0.3) is 44.4 Å². The fourth-order valence-electron chi connectivity index (χ4n) is 8.91. The molecule has 0 spiro atoms. The lowest BCUT2D eigenvalue weighted by molar-refractivity contribution is -0.136. The van der Waals surface area contributed by atoms with Crippen molar-refractivity contribution in [1.29, 1.82) is 0 Å². The molecule has 1 saturated carbocycles. The number of carbonyl (C=O) groups excluding carboxylic acids is 4. The molecular formula is C48H49F2N7O6. The third-order valence-corrected chi connectivity index (χ3v) is 12.2. The van der Waals surface area contributed by atoms with Crippen molar-refractivity contribution in [2.75, 3.05) is 20.8 Å². The topological polar surface area (TPSA) is 171 Å². The number of halogens is 2. The maximum Gasteiger partial charge on any atom is 0.407 e. The highest BCUT2D eigenvalue weighted by Crippen LogP contribution is 2.43. The summed E-state index contributed by atoms with van der Waals surface area (Å²) in [5.74, 6) is -3.66. The van der Waals surface area contributed by atoms with Gasteiger partial charge in [-0.3, -0.25) is 9.59 Å². The number of amides is 3. The number of imidazole rings is 2. The molecule has 326 valence electrons. The Bertz CT molecular complexity index is 2630. The van der Waals surface area contributed by atoms with Crippen molar-refractivity contribution in [3.05, 3.63) is 121 Å². The van der Waals surface area contributed by atoms with Gasteiger partial charge in [-0.1, -0.05) is 99.1 Å². The van der Waals surface area contributed by atoms with Gasteiger partial charge in [0.25, 0.3) is 5.92 Å². The number of ketones is 1. The Morgan fingerprint density at radius 3 is 2.02 bits per heavy atom. The van der Waals surface area contributed by atoms with Crippen molar-refractivity contribution < 1.29 is 37.4 Å². The van der Waals surface area contributed by atoms with E-state index in [-0.39, 0.29) is 29.4 Å². The SMILES string of the molecule is COC(=O)N[C@H](C(=O)N1CC(F)(F)C[C@H]1c1ncc(-c2ccc(-c3ccc4cc(-c5cnc([C@@H]6CCCC6C(=O)[C@H](NC(=O)OC)c6ccccc6)[nH]5)ccc4c3)cc2)[nH]1)C(C)C. The van der Waals surface area contributed by atoms with Gasteiger partial charge in [-0.25, -0.2) is 28.3 Å². The van der Waals surface area contributed by atoms with Gasteiger partial charge < -0.3 is 35.0 Å². The Morgan fingerprint density at radius 1 is 0.746 bits per heavy atom. The zero-order valence-electron chi connectivity index (χ0n) is 35.4. The molecule has 2 fully saturated rings. The van der Waals surface area contributed by atoms with E-state index in [2.05, 4.69) is 60.7 Å². The summed E-state index contributed by atoms with van der Waals surface area (Å²) in [6.07, 6.45) is 3.67. The first kappa shape index (κ1) is 42.8. The molecule has 6 aromatic rings. The summed E-state index contributed by atoms with van der Waals surface area (Å²) in [4.78, 5) is 68.7. The minimum absolute atomic E-state index is 0.0674. The van der Waals surface area contributed by atoms with Crippen molar-refractivity contribution in [3.63, 3.8) is 0 Å². The number of aromatic amines is 2. The van der Waals surface area contributed by atoms with E-state index in [1.54, 1.807) is 20.0 Å². The highest BCUT2D eigenvalue weighted by Gasteiger charge is 2.50. The van der Waals surface area contributed by atoms with Crippen molar-refractivity contribution in [2.24, 2.45) is 11.8 Å². The number of alkyl carbamates (subject to hydrolysis) is 2. The molecular weight excluding hydrogens is 809 g/mol. The van der Waals surface area contributed by atoms with Crippen LogP contribution in [0.2, 0.25) is 0 Å². The molecule has 4 aromatic carbocycles. The lowest BCUT2D eigenvalue weighted by atomic mass is 9.85. The van der Waals surface area contributed by atoms with E-state index in [1.807, 2.05) is 66.9 Å². The molecule has 13 nitrogen and oxygen atoms in total. The smallest absolute Gasteiger partial charge is 0.407 e. The average molecular weight is 858 g/mol. The molecule has 2 aliphatic rings. The average Bonchev–Trinajstić information content (AvgIpc) is 4.13. The predicted molar refractivity (Wildman–Crippen MR) is 233 cm³/mol. The van der Waals surface area contributed by atoms with Gasteiger partial charge in [-0.15, -0.1) is 0 Å². The first-order valence-electron chi connectivity index (χ1n) is 21.0. The number of nitrogens with zero attached hydrogens (tertiary/aromatic N) is 3. The van der Waals surface area contributed by atoms with Crippen LogP contribution in [0.15, 0.2) is 103 Å². The van der Waals surface area contributed by atoms with Gasteiger partial charge in [0.1, 0.15) is 23.7 Å². The lowest BCUT2D eigenvalue weighted by Crippen LogP contribution is -2.51. The first-order chi connectivity index (χ1) is 30.3. The largest absolute Gasteiger partial charge is 0.453 e. The number of likely N-dealkylation sites (tertiary alicyclic amines) is 1. The molecule has 3 amide bonds. The standard InChI is InChI=1S/C48H49F2N7O6/c1-27(2)40(55-46(60)62-3)45(59)57-26-48(49,50)23-39(57)44-52-24-37(54-44)29-15-13-28(14-16-29)31-17-18-33-22-34(20-19-32(33)21-31)38-25-51-43(53-38)36-12-8-11-35(36)42(58)41(56-47(61)63-4)30-9-6-5-7-10-30/h5-7,9-10,13-22,24-25,27,35-36,39-41H,8,11-12,23,26H2,1-4H3,(H,51,53)(H,52,54)(H,55,60)(H,56,61)/t35?,36-,39+,40+,41-/m1/s1. The summed E-state index contributed by atoms with van der Waals surface area (Å²) in [6, 6.07) is 26.6. The van der Waals surface area contributed by atoms with Crippen LogP contribution in [-0.2, 0) is 19.1 Å². The van der Waals surface area contributed by atoms with E-state index in [4.69, 9.17) is 9.72 Å². The van der Waals surface area contributed by atoms with Crippen molar-refractivity contribution in [3.8, 4) is 33.6 Å². The summed E-state index contributed by atoms with van der Waals surface area (Å²) >= 11 is 0. The number of hydrogen-bond acceptors (Lipinski definition) is 8. The molecule has 8 rings (SSSR count). The third kappa shape index (κ3) is 9.04. The maximum absolute atomic E-state index is 14.8. The molecule has 1 unspecified atom stereocenters. The van der Waals surface area contributed by atoms with Gasteiger partial charge in [-0.2, -0.15) is 0 Å². The fraction of sp³-hybridized carbons (Fsp3) is 0.333. The lowest BCUT2D eigenvalue weighted by Gasteiger charge is -2.29. The van der Waals surface area contributed by atoms with Gasteiger partial charge in [0.2, 0.25) is 5.91 Å². The fourth-order valence-corrected chi connectivity index (χ4v) is 8.91. The monoisotopic (exact) mass is 857 g/mol. The van der Waals surface area contributed by atoms with E-state index in [1.165, 1.54) is 14.2 Å². The number of nitrogens with one attached hydrogen (secondary N) is 4. The number of methoxy groups -OCH3 is 2. The Balaban J connectivity index is 0.956. The highest BCUT2D eigenvalue weighted by atomic mass is 19.3. The third-order valence-electron chi connectivity index (χ3n) is 12.2. The number of carbonyl (C=O) groups is 4. The van der Waals surface area contributed by atoms with E-state index >= 15 is 0 Å². The Morgan fingerprint density at radius 2 is 1.33 bits per heavy atom. The molecule has 1 saturated heterocycles. The van der Waals surface area contributed by atoms with Gasteiger partial charge in [0, 0.05) is 23.8 Å². The van der Waals surface area contributed by atoms with Crippen LogP contribution in [-0.4, -0.2) is 81.4 Å². The molecule has 1 aliphatic carbocycles. The normalized spacial score (nSPS) is 19.2. The Labute approximate surface area is 363 Å². The number of aromatic nitrogens is 4. The molecule has 0 bridgehead atoms. The van der Waals surface area contributed by atoms with Gasteiger partial charge >= 0.3 is 12.2 Å². The second kappa shape index (κ2) is 17.8. The van der Waals surface area contributed by atoms with Gasteiger partial charge in [0.15, 0.2) is 5.78 Å². The first-order valence-corrected chi connectivity index (χ1v) is 21.0.